The number of hydrogen-bond donors (Lipinski definition) is 2. The molecule has 3 nitrogen and oxygen atoms in total. The Morgan fingerprint density at radius 3 is 2.93 bits per heavy atom. The Kier molecular flexibility index (Phi) is 3.56. The molecule has 1 aliphatic rings. The van der Waals surface area contributed by atoms with Gasteiger partial charge in [0, 0.05) is 18.3 Å². The minimum absolute atomic E-state index is 0.0789. The minimum atomic E-state index is 0.0789. The van der Waals surface area contributed by atoms with Crippen LogP contribution in [0, 0.1) is 5.92 Å². The Morgan fingerprint density at radius 2 is 2.20 bits per heavy atom. The first-order valence-electron chi connectivity index (χ1n) is 5.68. The zero-order chi connectivity index (χ0) is 10.5. The summed E-state index contributed by atoms with van der Waals surface area (Å²) in [5, 5.41) is 12.5. The van der Waals surface area contributed by atoms with Gasteiger partial charge in [-0.15, -0.1) is 0 Å². The number of aromatic nitrogens is 1. The average molecular weight is 206 g/mol. The molecule has 1 aliphatic carbocycles. The summed E-state index contributed by atoms with van der Waals surface area (Å²) in [5.74, 6) is 0.803. The van der Waals surface area contributed by atoms with Gasteiger partial charge in [0.1, 0.15) is 0 Å². The molecule has 0 aliphatic heterocycles. The summed E-state index contributed by atoms with van der Waals surface area (Å²) >= 11 is 0. The van der Waals surface area contributed by atoms with Crippen LogP contribution in [0.2, 0.25) is 0 Å². The molecule has 3 heteroatoms. The molecule has 1 heterocycles. The first kappa shape index (κ1) is 10.4. The van der Waals surface area contributed by atoms with Crippen molar-refractivity contribution in [1.29, 1.82) is 0 Å². The summed E-state index contributed by atoms with van der Waals surface area (Å²) in [6.45, 7) is 1.09. The van der Waals surface area contributed by atoms with E-state index in [1.165, 1.54) is 25.7 Å². The average Bonchev–Trinajstić information content (AvgIpc) is 2.79. The van der Waals surface area contributed by atoms with E-state index in [1.807, 2.05) is 6.07 Å². The smallest absolute Gasteiger partial charge is 0.0703 e. The van der Waals surface area contributed by atoms with Gasteiger partial charge in [-0.3, -0.25) is 4.98 Å². The molecule has 1 saturated carbocycles. The summed E-state index contributed by atoms with van der Waals surface area (Å²) in [6, 6.07) is 1.86. The quantitative estimate of drug-likeness (QED) is 0.793. The van der Waals surface area contributed by atoms with Gasteiger partial charge in [0.15, 0.2) is 0 Å². The van der Waals surface area contributed by atoms with E-state index in [2.05, 4.69) is 10.3 Å². The van der Waals surface area contributed by atoms with Gasteiger partial charge < -0.3 is 10.4 Å². The second-order valence-corrected chi connectivity index (χ2v) is 4.22. The van der Waals surface area contributed by atoms with Crippen molar-refractivity contribution in [3.8, 4) is 0 Å². The molecule has 0 aromatic carbocycles. The van der Waals surface area contributed by atoms with Crippen molar-refractivity contribution in [2.45, 2.75) is 32.3 Å². The summed E-state index contributed by atoms with van der Waals surface area (Å²) in [4.78, 5) is 4.06. The molecule has 0 amide bonds. The topological polar surface area (TPSA) is 45.2 Å². The molecule has 2 rings (SSSR count). The maximum atomic E-state index is 9.14. The third kappa shape index (κ3) is 2.69. The molecule has 82 valence electrons. The van der Waals surface area contributed by atoms with Gasteiger partial charge in [-0.1, -0.05) is 12.8 Å². The SMILES string of the molecule is OCc1ccncc1NCC1CCCC1. The van der Waals surface area contributed by atoms with Crippen molar-refractivity contribution in [3.63, 3.8) is 0 Å². The van der Waals surface area contributed by atoms with Crippen LogP contribution < -0.4 is 5.32 Å². The van der Waals surface area contributed by atoms with Gasteiger partial charge in [0.2, 0.25) is 0 Å². The molecule has 0 spiro atoms. The first-order chi connectivity index (χ1) is 7.40. The molecule has 2 N–H and O–H groups in total. The van der Waals surface area contributed by atoms with Crippen LogP contribution in [-0.4, -0.2) is 16.6 Å². The van der Waals surface area contributed by atoms with E-state index in [1.54, 1.807) is 12.4 Å². The van der Waals surface area contributed by atoms with Gasteiger partial charge in [0.05, 0.1) is 18.5 Å². The molecule has 0 atom stereocenters. The van der Waals surface area contributed by atoms with Gasteiger partial charge >= 0.3 is 0 Å². The fourth-order valence-corrected chi connectivity index (χ4v) is 2.19. The fourth-order valence-electron chi connectivity index (χ4n) is 2.19. The normalized spacial score (nSPS) is 16.9. The van der Waals surface area contributed by atoms with Crippen LogP contribution in [-0.2, 0) is 6.61 Å². The number of hydrogen-bond acceptors (Lipinski definition) is 3. The molecule has 0 saturated heterocycles. The summed E-state index contributed by atoms with van der Waals surface area (Å²) < 4.78 is 0. The van der Waals surface area contributed by atoms with Crippen LogP contribution in [0.25, 0.3) is 0 Å². The van der Waals surface area contributed by atoms with E-state index in [0.717, 1.165) is 23.7 Å². The molecule has 1 aromatic heterocycles. The molecule has 15 heavy (non-hydrogen) atoms. The highest BCUT2D eigenvalue weighted by Crippen LogP contribution is 2.25. The summed E-state index contributed by atoms with van der Waals surface area (Å²) in [6.07, 6.45) is 8.91. The Bertz CT molecular complexity index is 308. The van der Waals surface area contributed by atoms with Crippen molar-refractivity contribution in [2.24, 2.45) is 5.92 Å². The van der Waals surface area contributed by atoms with E-state index in [-0.39, 0.29) is 6.61 Å². The van der Waals surface area contributed by atoms with Crippen LogP contribution in [0.5, 0.6) is 0 Å². The predicted molar refractivity (Wildman–Crippen MR) is 60.6 cm³/mol. The Hall–Kier alpha value is -1.09. The lowest BCUT2D eigenvalue weighted by Crippen LogP contribution is -2.12. The van der Waals surface area contributed by atoms with Crippen molar-refractivity contribution in [3.05, 3.63) is 24.0 Å². The van der Waals surface area contributed by atoms with Gasteiger partial charge in [0.25, 0.3) is 0 Å². The minimum Gasteiger partial charge on any atom is -0.392 e. The molecular weight excluding hydrogens is 188 g/mol. The highest BCUT2D eigenvalue weighted by molar-refractivity contribution is 5.48. The number of nitrogens with one attached hydrogen (secondary N) is 1. The number of aliphatic hydroxyl groups is 1. The van der Waals surface area contributed by atoms with Crippen LogP contribution in [0.3, 0.4) is 0 Å². The predicted octanol–water partition coefficient (Wildman–Crippen LogP) is 2.18. The van der Waals surface area contributed by atoms with Crippen LogP contribution in [0.4, 0.5) is 5.69 Å². The van der Waals surface area contributed by atoms with Crippen LogP contribution >= 0.6 is 0 Å². The number of aliphatic hydroxyl groups excluding tert-OH is 1. The maximum absolute atomic E-state index is 9.14. The van der Waals surface area contributed by atoms with Crippen molar-refractivity contribution in [1.82, 2.24) is 4.98 Å². The third-order valence-corrected chi connectivity index (χ3v) is 3.14. The van der Waals surface area contributed by atoms with E-state index in [4.69, 9.17) is 5.11 Å². The fraction of sp³-hybridized carbons (Fsp3) is 0.583. The number of nitrogens with zero attached hydrogens (tertiary/aromatic N) is 1. The standard InChI is InChI=1S/C12H18N2O/c15-9-11-5-6-13-8-12(11)14-7-10-3-1-2-4-10/h5-6,8,10,14-15H,1-4,7,9H2. The van der Waals surface area contributed by atoms with Gasteiger partial charge in [-0.05, 0) is 24.8 Å². The Balaban J connectivity index is 1.91. The monoisotopic (exact) mass is 206 g/mol. The first-order valence-corrected chi connectivity index (χ1v) is 5.68. The van der Waals surface area contributed by atoms with Crippen LogP contribution in [0.1, 0.15) is 31.2 Å². The number of rotatable bonds is 4. The highest BCUT2D eigenvalue weighted by Gasteiger charge is 2.14. The third-order valence-electron chi connectivity index (χ3n) is 3.14. The van der Waals surface area contributed by atoms with Crippen molar-refractivity contribution >= 4 is 5.69 Å². The van der Waals surface area contributed by atoms with Crippen molar-refractivity contribution < 1.29 is 5.11 Å². The van der Waals surface area contributed by atoms with Crippen molar-refractivity contribution in [2.75, 3.05) is 11.9 Å². The largest absolute Gasteiger partial charge is 0.392 e. The Morgan fingerprint density at radius 1 is 1.40 bits per heavy atom. The molecule has 0 radical (unpaired) electrons. The lowest BCUT2D eigenvalue weighted by molar-refractivity contribution is 0.282. The second-order valence-electron chi connectivity index (χ2n) is 4.22. The molecular formula is C12H18N2O. The second kappa shape index (κ2) is 5.12. The number of pyridine rings is 1. The summed E-state index contributed by atoms with van der Waals surface area (Å²) in [7, 11) is 0. The highest BCUT2D eigenvalue weighted by atomic mass is 16.3. The lowest BCUT2D eigenvalue weighted by atomic mass is 10.1. The van der Waals surface area contributed by atoms with E-state index >= 15 is 0 Å². The molecule has 0 bridgehead atoms. The zero-order valence-electron chi connectivity index (χ0n) is 8.95. The van der Waals surface area contributed by atoms with Gasteiger partial charge in [-0.25, -0.2) is 0 Å². The molecule has 0 unspecified atom stereocenters. The van der Waals surface area contributed by atoms with E-state index in [9.17, 15) is 0 Å². The van der Waals surface area contributed by atoms with E-state index < -0.39 is 0 Å². The molecule has 1 fully saturated rings. The summed E-state index contributed by atoms with van der Waals surface area (Å²) in [5.41, 5.74) is 1.91. The Labute approximate surface area is 90.5 Å². The lowest BCUT2D eigenvalue weighted by Gasteiger charge is -2.13. The van der Waals surface area contributed by atoms with Crippen LogP contribution in [0.15, 0.2) is 18.5 Å². The number of anilines is 1. The molecule has 1 aromatic rings. The van der Waals surface area contributed by atoms with Gasteiger partial charge in [-0.2, -0.15) is 0 Å². The van der Waals surface area contributed by atoms with E-state index in [0.29, 0.717) is 0 Å². The zero-order valence-corrected chi connectivity index (χ0v) is 8.95. The maximum Gasteiger partial charge on any atom is 0.0703 e.